The number of rotatable bonds is 2. The molecule has 1 amide bonds. The van der Waals surface area contributed by atoms with E-state index in [9.17, 15) is 4.79 Å². The number of hydrogen-bond donors (Lipinski definition) is 0. The second-order valence-electron chi connectivity index (χ2n) is 4.63. The molecule has 0 aromatic carbocycles. The second-order valence-corrected chi connectivity index (χ2v) is 4.63. The summed E-state index contributed by atoms with van der Waals surface area (Å²) >= 11 is 0. The fourth-order valence-corrected chi connectivity index (χ4v) is 2.06. The quantitative estimate of drug-likeness (QED) is 0.774. The minimum Gasteiger partial charge on any atom is -0.380 e. The molecule has 0 bridgehead atoms. The molecule has 0 spiro atoms. The lowest BCUT2D eigenvalue weighted by Gasteiger charge is -2.34. The summed E-state index contributed by atoms with van der Waals surface area (Å²) in [4.78, 5) is 22.1. The van der Waals surface area contributed by atoms with Gasteiger partial charge in [0, 0.05) is 26.0 Å². The highest BCUT2D eigenvalue weighted by Crippen LogP contribution is 2.30. The van der Waals surface area contributed by atoms with E-state index in [-0.39, 0.29) is 5.91 Å². The van der Waals surface area contributed by atoms with E-state index in [0.29, 0.717) is 12.6 Å². The molecule has 0 N–H and O–H groups in total. The first-order valence-corrected chi connectivity index (χ1v) is 5.76. The molecule has 1 aliphatic rings. The van der Waals surface area contributed by atoms with Gasteiger partial charge in [0.1, 0.15) is 0 Å². The van der Waals surface area contributed by atoms with Crippen LogP contribution in [0.3, 0.4) is 0 Å². The largest absolute Gasteiger partial charge is 0.380 e. The van der Waals surface area contributed by atoms with Gasteiger partial charge in [0.15, 0.2) is 0 Å². The molecule has 1 aromatic rings. The third-order valence-electron chi connectivity index (χ3n) is 3.11. The molecule has 92 valence electrons. The van der Waals surface area contributed by atoms with Crippen LogP contribution in [0.2, 0.25) is 0 Å². The van der Waals surface area contributed by atoms with Gasteiger partial charge >= 0.3 is 0 Å². The van der Waals surface area contributed by atoms with Crippen LogP contribution in [0, 0.1) is 5.41 Å². The highest BCUT2D eigenvalue weighted by atomic mass is 16.5. The fourth-order valence-electron chi connectivity index (χ4n) is 2.06. The summed E-state index contributed by atoms with van der Waals surface area (Å²) in [6, 6.07) is 1.73. The molecule has 1 aromatic heterocycles. The minimum atomic E-state index is -0.452. The van der Waals surface area contributed by atoms with Gasteiger partial charge < -0.3 is 4.74 Å². The molecule has 0 saturated carbocycles. The Morgan fingerprint density at radius 1 is 1.47 bits per heavy atom. The Bertz CT molecular complexity index is 388. The van der Waals surface area contributed by atoms with Crippen LogP contribution in [0.1, 0.15) is 19.8 Å². The Balaban J connectivity index is 2.14. The first-order chi connectivity index (χ1) is 8.13. The van der Waals surface area contributed by atoms with Gasteiger partial charge in [-0.1, -0.05) is 0 Å². The van der Waals surface area contributed by atoms with E-state index < -0.39 is 5.41 Å². The number of carbonyl (C=O) groups excluding carboxylic acids is 1. The maximum absolute atomic E-state index is 12.4. The van der Waals surface area contributed by atoms with Crippen molar-refractivity contribution in [3.63, 3.8) is 0 Å². The lowest BCUT2D eigenvalue weighted by atomic mass is 9.83. The standard InChI is InChI=1S/C12H17N3O2/c1-12(5-3-8-17-9-12)10(16)15(2)11-13-6-4-7-14-11/h4,6-7H,3,5,8-9H2,1-2H3. The highest BCUT2D eigenvalue weighted by molar-refractivity contribution is 5.95. The molecule has 1 atom stereocenters. The predicted octanol–water partition coefficient (Wildman–Crippen LogP) is 1.26. The zero-order valence-corrected chi connectivity index (χ0v) is 10.2. The van der Waals surface area contributed by atoms with Crippen molar-refractivity contribution in [2.75, 3.05) is 25.2 Å². The van der Waals surface area contributed by atoms with Crippen molar-refractivity contribution in [2.45, 2.75) is 19.8 Å². The molecular weight excluding hydrogens is 218 g/mol. The molecule has 5 heteroatoms. The number of aromatic nitrogens is 2. The summed E-state index contributed by atoms with van der Waals surface area (Å²) < 4.78 is 5.40. The first-order valence-electron chi connectivity index (χ1n) is 5.76. The van der Waals surface area contributed by atoms with Crippen molar-refractivity contribution in [2.24, 2.45) is 5.41 Å². The first kappa shape index (κ1) is 12.0. The van der Waals surface area contributed by atoms with Gasteiger partial charge in [-0.15, -0.1) is 0 Å². The minimum absolute atomic E-state index is 0.0170. The molecule has 1 unspecified atom stereocenters. The number of carbonyl (C=O) groups is 1. The number of nitrogens with zero attached hydrogens (tertiary/aromatic N) is 3. The summed E-state index contributed by atoms with van der Waals surface area (Å²) in [6.45, 7) is 3.16. The van der Waals surface area contributed by atoms with Gasteiger partial charge in [-0.3, -0.25) is 9.69 Å². The van der Waals surface area contributed by atoms with Gasteiger partial charge in [-0.25, -0.2) is 9.97 Å². The van der Waals surface area contributed by atoms with E-state index in [4.69, 9.17) is 4.74 Å². The van der Waals surface area contributed by atoms with E-state index in [0.717, 1.165) is 19.4 Å². The molecule has 1 aliphatic heterocycles. The molecule has 2 rings (SSSR count). The molecule has 1 fully saturated rings. The van der Waals surface area contributed by atoms with Gasteiger partial charge in [0.05, 0.1) is 12.0 Å². The SMILES string of the molecule is CN(C(=O)C1(C)CCCOC1)c1ncccn1. The van der Waals surface area contributed by atoms with Crippen molar-refractivity contribution in [3.05, 3.63) is 18.5 Å². The van der Waals surface area contributed by atoms with Crippen LogP contribution in [0.25, 0.3) is 0 Å². The van der Waals surface area contributed by atoms with Crippen LogP contribution < -0.4 is 4.90 Å². The van der Waals surface area contributed by atoms with Crippen molar-refractivity contribution in [1.29, 1.82) is 0 Å². The average Bonchev–Trinajstić information content (AvgIpc) is 2.39. The van der Waals surface area contributed by atoms with Gasteiger partial charge in [-0.2, -0.15) is 0 Å². The van der Waals surface area contributed by atoms with Crippen LogP contribution in [-0.2, 0) is 9.53 Å². The Morgan fingerprint density at radius 2 is 2.18 bits per heavy atom. The molecular formula is C12H17N3O2. The van der Waals surface area contributed by atoms with Crippen LogP contribution in [0.15, 0.2) is 18.5 Å². The van der Waals surface area contributed by atoms with Crippen LogP contribution >= 0.6 is 0 Å². The van der Waals surface area contributed by atoms with Crippen molar-refractivity contribution >= 4 is 11.9 Å². The van der Waals surface area contributed by atoms with Crippen LogP contribution in [-0.4, -0.2) is 36.1 Å². The van der Waals surface area contributed by atoms with E-state index in [1.165, 1.54) is 4.90 Å². The van der Waals surface area contributed by atoms with Gasteiger partial charge in [0.25, 0.3) is 0 Å². The Labute approximate surface area is 101 Å². The monoisotopic (exact) mass is 235 g/mol. The van der Waals surface area contributed by atoms with Crippen molar-refractivity contribution in [3.8, 4) is 0 Å². The Hall–Kier alpha value is -1.49. The maximum atomic E-state index is 12.4. The molecule has 5 nitrogen and oxygen atoms in total. The van der Waals surface area contributed by atoms with E-state index in [1.54, 1.807) is 25.5 Å². The van der Waals surface area contributed by atoms with Crippen molar-refractivity contribution in [1.82, 2.24) is 9.97 Å². The van der Waals surface area contributed by atoms with Crippen molar-refractivity contribution < 1.29 is 9.53 Å². The summed E-state index contributed by atoms with van der Waals surface area (Å²) in [5.41, 5.74) is -0.452. The number of ether oxygens (including phenoxy) is 1. The Morgan fingerprint density at radius 3 is 2.76 bits per heavy atom. The zero-order chi connectivity index (χ0) is 12.3. The normalized spacial score (nSPS) is 24.4. The van der Waals surface area contributed by atoms with Gasteiger partial charge in [-0.05, 0) is 25.8 Å². The second kappa shape index (κ2) is 4.79. The van der Waals surface area contributed by atoms with Gasteiger partial charge in [0.2, 0.25) is 11.9 Å². The summed E-state index contributed by atoms with van der Waals surface area (Å²) in [5, 5.41) is 0. The lowest BCUT2D eigenvalue weighted by molar-refractivity contribution is -0.134. The molecule has 17 heavy (non-hydrogen) atoms. The van der Waals surface area contributed by atoms with Crippen LogP contribution in [0.4, 0.5) is 5.95 Å². The number of anilines is 1. The van der Waals surface area contributed by atoms with E-state index in [1.807, 2.05) is 6.92 Å². The third kappa shape index (κ3) is 2.44. The fraction of sp³-hybridized carbons (Fsp3) is 0.583. The predicted molar refractivity (Wildman–Crippen MR) is 63.6 cm³/mol. The third-order valence-corrected chi connectivity index (χ3v) is 3.11. The highest BCUT2D eigenvalue weighted by Gasteiger charge is 2.38. The zero-order valence-electron chi connectivity index (χ0n) is 10.2. The number of hydrogen-bond acceptors (Lipinski definition) is 4. The van der Waals surface area contributed by atoms with E-state index in [2.05, 4.69) is 9.97 Å². The summed E-state index contributed by atoms with van der Waals surface area (Å²) in [7, 11) is 1.71. The molecule has 0 radical (unpaired) electrons. The summed E-state index contributed by atoms with van der Waals surface area (Å²) in [5.74, 6) is 0.452. The smallest absolute Gasteiger partial charge is 0.237 e. The van der Waals surface area contributed by atoms with E-state index >= 15 is 0 Å². The number of amides is 1. The summed E-state index contributed by atoms with van der Waals surface area (Å²) in [6.07, 6.45) is 5.03. The van der Waals surface area contributed by atoms with Crippen LogP contribution in [0.5, 0.6) is 0 Å². The molecule has 2 heterocycles. The molecule has 1 saturated heterocycles. The maximum Gasteiger partial charge on any atom is 0.237 e. The topological polar surface area (TPSA) is 55.3 Å². The Kier molecular flexibility index (Phi) is 3.38. The lowest BCUT2D eigenvalue weighted by Crippen LogP contribution is -2.45. The average molecular weight is 235 g/mol. The molecule has 0 aliphatic carbocycles.